The molecule has 0 saturated heterocycles. The van der Waals surface area contributed by atoms with Crippen LogP contribution in [0.2, 0.25) is 10.0 Å². The molecule has 0 atom stereocenters. The Morgan fingerprint density at radius 2 is 1.34 bits per heavy atom. The summed E-state index contributed by atoms with van der Waals surface area (Å²) in [4.78, 5) is 3.69. The number of sulfonamides is 1. The number of nitrogens with one attached hydrogen (secondary N) is 3. The number of benzene rings is 5. The van der Waals surface area contributed by atoms with E-state index in [2.05, 4.69) is 52.9 Å². The minimum atomic E-state index is -4.73. The van der Waals surface area contributed by atoms with Crippen molar-refractivity contribution in [1.82, 2.24) is 4.98 Å². The number of nitrogens with zero attached hydrogens (tertiary/aromatic N) is 7. The second-order valence-electron chi connectivity index (χ2n) is 13.9. The molecule has 7 rings (SSSR count). The van der Waals surface area contributed by atoms with E-state index in [-0.39, 0.29) is 93.6 Å². The predicted molar refractivity (Wildman–Crippen MR) is 258 cm³/mol. The molecule has 2 heterocycles. The van der Waals surface area contributed by atoms with E-state index in [9.17, 15) is 44.9 Å². The van der Waals surface area contributed by atoms with E-state index in [1.807, 2.05) is 0 Å². The molecule has 0 aliphatic carbocycles. The van der Waals surface area contributed by atoms with Crippen LogP contribution in [0, 0.1) is 29.6 Å². The molecule has 25 heteroatoms. The van der Waals surface area contributed by atoms with Crippen LogP contribution in [0.15, 0.2) is 133 Å². The van der Waals surface area contributed by atoms with E-state index in [1.165, 1.54) is 42.5 Å². The first-order valence-corrected chi connectivity index (χ1v) is 25.5. The lowest BCUT2D eigenvalue weighted by Crippen LogP contribution is -2.17. The number of azo groups is 2. The van der Waals surface area contributed by atoms with E-state index < -0.39 is 35.2 Å². The molecule has 340 valence electrons. The van der Waals surface area contributed by atoms with Crippen molar-refractivity contribution in [2.75, 3.05) is 27.0 Å². The van der Waals surface area contributed by atoms with Crippen molar-refractivity contribution in [3.05, 3.63) is 130 Å². The van der Waals surface area contributed by atoms with Gasteiger partial charge in [-0.1, -0.05) is 64.9 Å². The van der Waals surface area contributed by atoms with Crippen LogP contribution < -0.4 is 15.4 Å². The monoisotopic (exact) mass is 1030 g/mol. The van der Waals surface area contributed by atoms with Gasteiger partial charge in [0.05, 0.1) is 22.0 Å². The number of aromatic nitrogens is 1. The molecular formula is C42H29Cl3N10O8S4. The Kier molecular flexibility index (Phi) is 14.2. The molecule has 0 bridgehead atoms. The second-order valence-corrected chi connectivity index (χ2v) is 20.8. The smallest absolute Gasteiger partial charge is 0.296 e. The average Bonchev–Trinajstić information content (AvgIpc) is 3.63. The van der Waals surface area contributed by atoms with Gasteiger partial charge in [-0.05, 0) is 90.7 Å². The first kappa shape index (κ1) is 48.4. The molecule has 5 N–H and O–H groups in total. The summed E-state index contributed by atoms with van der Waals surface area (Å²) in [6.45, 7) is 1.56. The number of alkyl halides is 1. The zero-order valence-electron chi connectivity index (χ0n) is 34.0. The van der Waals surface area contributed by atoms with Crippen LogP contribution in [0.25, 0.3) is 21.9 Å². The van der Waals surface area contributed by atoms with Gasteiger partial charge in [-0.15, -0.1) is 32.1 Å². The molecular weight excluding hydrogens is 1010 g/mol. The van der Waals surface area contributed by atoms with E-state index in [0.717, 1.165) is 17.4 Å². The first-order chi connectivity index (χ1) is 31.8. The molecule has 0 radical (unpaired) electrons. The maximum absolute atomic E-state index is 12.4. The summed E-state index contributed by atoms with van der Waals surface area (Å²) in [6.07, 6.45) is 0. The Labute approximate surface area is 401 Å². The van der Waals surface area contributed by atoms with Crippen LogP contribution in [0.5, 0.6) is 0 Å². The van der Waals surface area contributed by atoms with E-state index in [0.29, 0.717) is 21.7 Å². The van der Waals surface area contributed by atoms with Crippen LogP contribution in [0.3, 0.4) is 0 Å². The van der Waals surface area contributed by atoms with E-state index >= 15 is 0 Å². The number of hydrogen-bond acceptors (Lipinski definition) is 16. The Morgan fingerprint density at radius 1 is 0.701 bits per heavy atom. The van der Waals surface area contributed by atoms with Crippen LogP contribution in [-0.4, -0.2) is 51.0 Å². The van der Waals surface area contributed by atoms with Crippen molar-refractivity contribution in [2.45, 2.75) is 16.7 Å². The van der Waals surface area contributed by atoms with Gasteiger partial charge in [0.1, 0.15) is 38.2 Å². The third-order valence-electron chi connectivity index (χ3n) is 9.48. The maximum atomic E-state index is 12.4. The quantitative estimate of drug-likeness (QED) is 0.0363. The van der Waals surface area contributed by atoms with Gasteiger partial charge in [0.25, 0.3) is 20.2 Å². The van der Waals surface area contributed by atoms with Gasteiger partial charge in [-0.3, -0.25) is 13.8 Å². The van der Waals surface area contributed by atoms with Gasteiger partial charge in [0.2, 0.25) is 10.0 Å². The number of nitriles is 2. The molecule has 67 heavy (non-hydrogen) atoms. The van der Waals surface area contributed by atoms with Crippen LogP contribution in [0.1, 0.15) is 16.7 Å². The molecule has 0 aliphatic rings. The number of rotatable bonds is 15. The lowest BCUT2D eigenvalue weighted by Gasteiger charge is -2.16. The number of halogens is 3. The van der Waals surface area contributed by atoms with Gasteiger partial charge in [-0.25, -0.2) is 13.4 Å². The summed E-state index contributed by atoms with van der Waals surface area (Å²) in [7, 11) is -13.1. The Bertz CT molecular complexity index is 3600. The summed E-state index contributed by atoms with van der Waals surface area (Å²) in [5, 5.41) is 45.9. The molecule has 0 amide bonds. The molecule has 5 aromatic carbocycles. The lowest BCUT2D eigenvalue weighted by atomic mass is 10.0. The molecule has 0 spiro atoms. The van der Waals surface area contributed by atoms with Crippen molar-refractivity contribution in [3.63, 3.8) is 0 Å². The zero-order valence-corrected chi connectivity index (χ0v) is 39.5. The van der Waals surface area contributed by atoms with Crippen LogP contribution in [-0.2, 0) is 30.3 Å². The zero-order chi connectivity index (χ0) is 48.3. The van der Waals surface area contributed by atoms with Crippen molar-refractivity contribution in [1.29, 1.82) is 10.5 Å². The number of pyridine rings is 1. The largest absolute Gasteiger partial charge is 0.339 e. The summed E-state index contributed by atoms with van der Waals surface area (Å²) in [6, 6.07) is 29.4. The highest BCUT2D eigenvalue weighted by Crippen LogP contribution is 2.49. The SMILES string of the molecule is Cc1c(C#N)c(Nc2ccc(Cl)c(S(=O)(=O)O)c2)nc(Nc2ccc(Cl)cc2)c1N=Nc1sc(N=Nc2ccc3cccc(S(=O)(=O)O)c3c2)c(-c2ccc(NS(=O)(=O)CCCl)cc2)c1C#N. The molecule has 0 unspecified atom stereocenters. The molecule has 0 saturated carbocycles. The topological polar surface area (TPSA) is 289 Å². The minimum absolute atomic E-state index is 0.0157. The number of fused-ring (bicyclic) bond motifs is 1. The summed E-state index contributed by atoms with van der Waals surface area (Å²) in [5.74, 6) is -0.481. The molecule has 2 aromatic heterocycles. The Morgan fingerprint density at radius 3 is 2.00 bits per heavy atom. The summed E-state index contributed by atoms with van der Waals surface area (Å²) >= 11 is 18.7. The fourth-order valence-corrected chi connectivity index (χ4v) is 10.6. The first-order valence-electron chi connectivity index (χ1n) is 18.9. The van der Waals surface area contributed by atoms with Gasteiger partial charge < -0.3 is 10.6 Å². The van der Waals surface area contributed by atoms with Crippen LogP contribution in [0.4, 0.5) is 50.1 Å². The Hall–Kier alpha value is -6.57. The lowest BCUT2D eigenvalue weighted by molar-refractivity contribution is 0.481. The molecule has 0 aliphatic heterocycles. The third-order valence-corrected chi connectivity index (χ3v) is 14.6. The fourth-order valence-electron chi connectivity index (χ4n) is 6.39. The standard InChI is InChI=1S/C42H29Cl3N10O8S4/c1-23-32(21-46)39(49-29-15-16-34(45)36(20-29)67(61,62)63)50-40(48-27-13-8-26(44)9-14-27)38(23)52-53-41-33(22-47)37(25-6-10-28(11-7-25)55-65(56,57)18-17-43)42(64-41)54-51-30-12-5-24-3-2-4-35(31(24)19-30)66(58,59)60/h2-16,19-20,55H,17-18H2,1H3,(H2,48,49,50)(H,58,59,60)(H,61,62,63). The normalized spacial score (nSPS) is 12.1. The second kappa shape index (κ2) is 19.7. The third kappa shape index (κ3) is 11.2. The highest BCUT2D eigenvalue weighted by atomic mass is 35.5. The molecule has 7 aromatic rings. The maximum Gasteiger partial charge on any atom is 0.296 e. The van der Waals surface area contributed by atoms with Crippen molar-refractivity contribution >= 4 is 137 Å². The minimum Gasteiger partial charge on any atom is -0.339 e. The number of hydrogen-bond donors (Lipinski definition) is 5. The van der Waals surface area contributed by atoms with Crippen molar-refractivity contribution < 1.29 is 34.4 Å². The van der Waals surface area contributed by atoms with Crippen molar-refractivity contribution in [2.24, 2.45) is 20.5 Å². The predicted octanol–water partition coefficient (Wildman–Crippen LogP) is 12.1. The van der Waals surface area contributed by atoms with Gasteiger partial charge in [0.15, 0.2) is 16.6 Å². The number of anilines is 5. The van der Waals surface area contributed by atoms with Gasteiger partial charge in [0, 0.05) is 44.5 Å². The van der Waals surface area contributed by atoms with Gasteiger partial charge >= 0.3 is 0 Å². The fraction of sp³-hybridized carbons (Fsp3) is 0.0714. The van der Waals surface area contributed by atoms with E-state index in [4.69, 9.17) is 34.8 Å². The van der Waals surface area contributed by atoms with E-state index in [1.54, 1.807) is 61.5 Å². The molecule has 18 nitrogen and oxygen atoms in total. The molecule has 0 fully saturated rings. The summed E-state index contributed by atoms with van der Waals surface area (Å²) in [5.41, 5.74) is 1.77. The Balaban J connectivity index is 1.37. The van der Waals surface area contributed by atoms with Crippen molar-refractivity contribution in [3.8, 4) is 23.3 Å². The van der Waals surface area contributed by atoms with Gasteiger partial charge in [-0.2, -0.15) is 27.4 Å². The summed E-state index contributed by atoms with van der Waals surface area (Å²) < 4.78 is 95.3. The number of thiophene rings is 1. The van der Waals surface area contributed by atoms with Crippen LogP contribution >= 0.6 is 46.1 Å². The highest BCUT2D eigenvalue weighted by molar-refractivity contribution is 7.92. The highest BCUT2D eigenvalue weighted by Gasteiger charge is 2.24. The average molecular weight is 1040 g/mol.